The van der Waals surface area contributed by atoms with Crippen LogP contribution in [0.5, 0.6) is 0 Å². The largest absolute Gasteiger partial charge is 0.380 e. The van der Waals surface area contributed by atoms with Gasteiger partial charge < -0.3 is 15.5 Å². The van der Waals surface area contributed by atoms with E-state index >= 15 is 0 Å². The second kappa shape index (κ2) is 8.98. The number of pyridine rings is 1. The predicted octanol–water partition coefficient (Wildman–Crippen LogP) is 2.51. The van der Waals surface area contributed by atoms with Crippen LogP contribution in [0.4, 0.5) is 10.1 Å². The SMILES string of the molecule is CN(C)CCCNC(=O)c1ccc(NCc2ccccc2F)cn1. The Bertz CT molecular complexity index is 658. The van der Waals surface area contributed by atoms with Crippen LogP contribution in [-0.4, -0.2) is 43.0 Å². The number of hydrogen-bond donors (Lipinski definition) is 2. The third-order valence-electron chi connectivity index (χ3n) is 3.50. The lowest BCUT2D eigenvalue weighted by molar-refractivity contribution is 0.0947. The molecule has 2 aromatic rings. The summed E-state index contributed by atoms with van der Waals surface area (Å²) in [6, 6.07) is 10.0. The van der Waals surface area contributed by atoms with Crippen LogP contribution in [0.3, 0.4) is 0 Å². The van der Waals surface area contributed by atoms with Crippen LogP contribution in [-0.2, 0) is 6.54 Å². The normalized spacial score (nSPS) is 10.7. The van der Waals surface area contributed by atoms with E-state index in [1.54, 1.807) is 36.5 Å². The molecule has 0 saturated carbocycles. The first-order valence-corrected chi connectivity index (χ1v) is 7.92. The van der Waals surface area contributed by atoms with E-state index in [0.717, 1.165) is 18.7 Å². The standard InChI is InChI=1S/C18H23FN4O/c1-23(2)11-5-10-20-18(24)17-9-8-15(13-22-17)21-12-14-6-3-4-7-16(14)19/h3-4,6-9,13,21H,5,10-12H2,1-2H3,(H,20,24). The van der Waals surface area contributed by atoms with Crippen LogP contribution in [0.15, 0.2) is 42.6 Å². The molecule has 1 heterocycles. The van der Waals surface area contributed by atoms with E-state index in [0.29, 0.717) is 24.3 Å². The Kier molecular flexibility index (Phi) is 6.69. The number of carbonyl (C=O) groups excluding carboxylic acids is 1. The fraction of sp³-hybridized carbons (Fsp3) is 0.333. The van der Waals surface area contributed by atoms with Crippen LogP contribution in [0.25, 0.3) is 0 Å². The second-order valence-corrected chi connectivity index (χ2v) is 5.79. The number of benzene rings is 1. The molecule has 1 aromatic carbocycles. The number of aromatic nitrogens is 1. The summed E-state index contributed by atoms with van der Waals surface area (Å²) < 4.78 is 13.5. The Labute approximate surface area is 141 Å². The van der Waals surface area contributed by atoms with E-state index in [9.17, 15) is 9.18 Å². The van der Waals surface area contributed by atoms with Crippen LogP contribution in [0.2, 0.25) is 0 Å². The predicted molar refractivity (Wildman–Crippen MR) is 93.5 cm³/mol. The third-order valence-corrected chi connectivity index (χ3v) is 3.50. The lowest BCUT2D eigenvalue weighted by Gasteiger charge is -2.10. The summed E-state index contributed by atoms with van der Waals surface area (Å²) in [5.41, 5.74) is 1.69. The van der Waals surface area contributed by atoms with Crippen molar-refractivity contribution in [3.05, 3.63) is 59.7 Å². The fourth-order valence-electron chi connectivity index (χ4n) is 2.16. The molecule has 0 spiro atoms. The minimum atomic E-state index is -0.244. The highest BCUT2D eigenvalue weighted by Gasteiger charge is 2.07. The number of halogens is 1. The third kappa shape index (κ3) is 5.62. The maximum Gasteiger partial charge on any atom is 0.269 e. The van der Waals surface area contributed by atoms with Crippen molar-refractivity contribution < 1.29 is 9.18 Å². The highest BCUT2D eigenvalue weighted by molar-refractivity contribution is 5.92. The van der Waals surface area contributed by atoms with Gasteiger partial charge in [-0.3, -0.25) is 4.79 Å². The lowest BCUT2D eigenvalue weighted by Crippen LogP contribution is -2.27. The van der Waals surface area contributed by atoms with Gasteiger partial charge in [0.2, 0.25) is 0 Å². The molecule has 0 radical (unpaired) electrons. The quantitative estimate of drug-likeness (QED) is 0.730. The van der Waals surface area contributed by atoms with E-state index in [1.807, 2.05) is 14.1 Å². The van der Waals surface area contributed by atoms with Crippen LogP contribution in [0, 0.1) is 5.82 Å². The van der Waals surface area contributed by atoms with Crippen molar-refractivity contribution in [3.8, 4) is 0 Å². The summed E-state index contributed by atoms with van der Waals surface area (Å²) in [6.07, 6.45) is 2.47. The van der Waals surface area contributed by atoms with E-state index in [-0.39, 0.29) is 11.7 Å². The summed E-state index contributed by atoms with van der Waals surface area (Å²) in [5, 5.41) is 5.93. The summed E-state index contributed by atoms with van der Waals surface area (Å²) in [4.78, 5) is 18.2. The molecule has 0 aliphatic heterocycles. The van der Waals surface area contributed by atoms with Crippen LogP contribution in [0.1, 0.15) is 22.5 Å². The van der Waals surface area contributed by atoms with Gasteiger partial charge in [-0.2, -0.15) is 0 Å². The van der Waals surface area contributed by atoms with Gasteiger partial charge in [-0.25, -0.2) is 9.37 Å². The lowest BCUT2D eigenvalue weighted by atomic mass is 10.2. The number of carbonyl (C=O) groups is 1. The van der Waals surface area contributed by atoms with Gasteiger partial charge in [-0.1, -0.05) is 18.2 Å². The van der Waals surface area contributed by atoms with Crippen molar-refractivity contribution in [3.63, 3.8) is 0 Å². The number of rotatable bonds is 8. The van der Waals surface area contributed by atoms with Gasteiger partial charge >= 0.3 is 0 Å². The van der Waals surface area contributed by atoms with Crippen molar-refractivity contribution in [2.45, 2.75) is 13.0 Å². The molecule has 0 aliphatic rings. The van der Waals surface area contributed by atoms with Gasteiger partial charge in [0, 0.05) is 18.7 Å². The average molecular weight is 330 g/mol. The maximum absolute atomic E-state index is 13.5. The van der Waals surface area contributed by atoms with Gasteiger partial charge in [-0.05, 0) is 45.3 Å². The number of hydrogen-bond acceptors (Lipinski definition) is 4. The van der Waals surface area contributed by atoms with E-state index in [4.69, 9.17) is 0 Å². The first-order valence-electron chi connectivity index (χ1n) is 7.92. The van der Waals surface area contributed by atoms with E-state index in [1.165, 1.54) is 6.07 Å². The zero-order valence-electron chi connectivity index (χ0n) is 14.1. The molecule has 0 unspecified atom stereocenters. The molecule has 1 aromatic heterocycles. The van der Waals surface area contributed by atoms with Gasteiger partial charge in [0.15, 0.2) is 0 Å². The number of anilines is 1. The van der Waals surface area contributed by atoms with Crippen molar-refractivity contribution in [1.82, 2.24) is 15.2 Å². The molecule has 6 heteroatoms. The second-order valence-electron chi connectivity index (χ2n) is 5.79. The molecule has 5 nitrogen and oxygen atoms in total. The molecule has 0 saturated heterocycles. The minimum absolute atomic E-state index is 0.186. The molecule has 2 N–H and O–H groups in total. The van der Waals surface area contributed by atoms with Gasteiger partial charge in [-0.15, -0.1) is 0 Å². The number of amides is 1. The number of nitrogens with one attached hydrogen (secondary N) is 2. The van der Waals surface area contributed by atoms with Crippen molar-refractivity contribution in [2.24, 2.45) is 0 Å². The minimum Gasteiger partial charge on any atom is -0.380 e. The molecule has 0 atom stereocenters. The molecule has 0 fully saturated rings. The van der Waals surface area contributed by atoms with Gasteiger partial charge in [0.1, 0.15) is 11.5 Å². The van der Waals surface area contributed by atoms with Crippen LogP contribution < -0.4 is 10.6 Å². The monoisotopic (exact) mass is 330 g/mol. The molecule has 0 bridgehead atoms. The van der Waals surface area contributed by atoms with Gasteiger partial charge in [0.25, 0.3) is 5.91 Å². The Balaban J connectivity index is 1.82. The average Bonchev–Trinajstić information content (AvgIpc) is 2.58. The smallest absolute Gasteiger partial charge is 0.269 e. The van der Waals surface area contributed by atoms with Crippen molar-refractivity contribution in [1.29, 1.82) is 0 Å². The van der Waals surface area contributed by atoms with Crippen molar-refractivity contribution >= 4 is 11.6 Å². The van der Waals surface area contributed by atoms with Crippen LogP contribution >= 0.6 is 0 Å². The molecule has 24 heavy (non-hydrogen) atoms. The summed E-state index contributed by atoms with van der Waals surface area (Å²) in [7, 11) is 3.99. The highest BCUT2D eigenvalue weighted by atomic mass is 19.1. The Hall–Kier alpha value is -2.47. The summed E-state index contributed by atoms with van der Waals surface area (Å²) >= 11 is 0. The Morgan fingerprint density at radius 1 is 1.21 bits per heavy atom. The molecule has 0 aliphatic carbocycles. The number of nitrogens with zero attached hydrogens (tertiary/aromatic N) is 2. The first-order chi connectivity index (χ1) is 11.6. The fourth-order valence-corrected chi connectivity index (χ4v) is 2.16. The Morgan fingerprint density at radius 3 is 2.67 bits per heavy atom. The Morgan fingerprint density at radius 2 is 2.00 bits per heavy atom. The molecule has 1 amide bonds. The molecular weight excluding hydrogens is 307 g/mol. The molecule has 128 valence electrons. The maximum atomic E-state index is 13.5. The first kappa shape index (κ1) is 17.9. The summed E-state index contributed by atoms with van der Waals surface area (Å²) in [6.45, 7) is 1.91. The van der Waals surface area contributed by atoms with Crippen molar-refractivity contribution in [2.75, 3.05) is 32.5 Å². The van der Waals surface area contributed by atoms with E-state index < -0.39 is 0 Å². The highest BCUT2D eigenvalue weighted by Crippen LogP contribution is 2.11. The summed E-state index contributed by atoms with van der Waals surface area (Å²) in [5.74, 6) is -0.430. The zero-order valence-corrected chi connectivity index (χ0v) is 14.1. The zero-order chi connectivity index (χ0) is 17.4. The molecule has 2 rings (SSSR count). The topological polar surface area (TPSA) is 57.3 Å². The van der Waals surface area contributed by atoms with Gasteiger partial charge in [0.05, 0.1) is 11.9 Å². The van der Waals surface area contributed by atoms with E-state index in [2.05, 4.69) is 20.5 Å². The molecular formula is C18H23FN4O.